The molecule has 4 fully saturated rings. The molecule has 298 valence electrons. The maximum atomic E-state index is 14.4. The number of carbonyl (C=O) groups excluding carboxylic acids is 3. The van der Waals surface area contributed by atoms with E-state index in [0.29, 0.717) is 71.1 Å². The first kappa shape index (κ1) is 38.4. The standard InChI is InChI=1S/C38H43ClN6O9S2/c1-53-29-14-13-24-30(16-26(40-32(24)31(29)39)34-41-27(19-55-34)20-9-10-20)54-22-15-28-33(46)43-38(36(48)44-56(51,52)23-11-12-23)17-21(38)7-5-3-2-4-6-8-25(42-37(49)50)35(47)45(28)18-22/h5,7,13-14,16,19-23,25,28,42H,2-4,6,8-12,15,17-18H2,1H3,(H,43,46)(H,44,48)(H,49,50)/b7-5-/t21-,22-,25+,28+,38-/m1/s1. The van der Waals surface area contributed by atoms with Crippen molar-refractivity contribution < 1.29 is 42.2 Å². The van der Waals surface area contributed by atoms with Crippen LogP contribution in [0.15, 0.2) is 35.7 Å². The van der Waals surface area contributed by atoms with Crippen LogP contribution >= 0.6 is 22.9 Å². The average Bonchev–Trinajstić information content (AvgIpc) is 4.11. The van der Waals surface area contributed by atoms with Gasteiger partial charge >= 0.3 is 6.09 Å². The van der Waals surface area contributed by atoms with Gasteiger partial charge in [0.1, 0.15) is 50.9 Å². The van der Waals surface area contributed by atoms with Crippen LogP contribution in [0.5, 0.6) is 11.5 Å². The van der Waals surface area contributed by atoms with Crippen molar-refractivity contribution in [2.75, 3.05) is 13.7 Å². The topological polar surface area (TPSA) is 206 Å². The van der Waals surface area contributed by atoms with Crippen molar-refractivity contribution >= 4 is 67.7 Å². The maximum Gasteiger partial charge on any atom is 0.405 e. The molecule has 1 aromatic carbocycles. The summed E-state index contributed by atoms with van der Waals surface area (Å²) >= 11 is 8.26. The molecule has 0 spiro atoms. The molecule has 3 aromatic rings. The molecule has 4 heterocycles. The molecule has 56 heavy (non-hydrogen) atoms. The highest BCUT2D eigenvalue weighted by atomic mass is 35.5. The van der Waals surface area contributed by atoms with Gasteiger partial charge in [-0.05, 0) is 63.5 Å². The van der Waals surface area contributed by atoms with Crippen LogP contribution in [0.25, 0.3) is 21.6 Å². The minimum atomic E-state index is -3.92. The lowest BCUT2D eigenvalue weighted by molar-refractivity contribution is -0.141. The zero-order chi connectivity index (χ0) is 39.4. The number of allylic oxidation sites excluding steroid dienone is 1. The molecule has 8 rings (SSSR count). The lowest BCUT2D eigenvalue weighted by Crippen LogP contribution is -2.58. The van der Waals surface area contributed by atoms with Crippen molar-refractivity contribution in [1.82, 2.24) is 30.2 Å². The molecule has 4 N–H and O–H groups in total. The molecule has 2 aromatic heterocycles. The fourth-order valence-corrected chi connectivity index (χ4v) is 10.2. The lowest BCUT2D eigenvalue weighted by atomic mass is 10.1. The van der Waals surface area contributed by atoms with Gasteiger partial charge in [0.15, 0.2) is 0 Å². The summed E-state index contributed by atoms with van der Waals surface area (Å²) in [6.07, 6.45) is 7.75. The SMILES string of the molecule is COc1ccc2c(O[C@@H]3C[C@H]4C(=O)N[C@]5(C(=O)NS(=O)(=O)C6CC6)C[C@H]5/C=C\CCCCC[C@H](NC(=O)O)C(=O)N4C3)cc(-c3nc(C4CC4)cs3)nc2c1Cl. The van der Waals surface area contributed by atoms with Crippen LogP contribution in [0.3, 0.4) is 0 Å². The number of hydrogen-bond acceptors (Lipinski definition) is 11. The second kappa shape index (κ2) is 15.1. The fraction of sp³-hybridized carbons (Fsp3) is 0.526. The number of amides is 4. The zero-order valence-electron chi connectivity index (χ0n) is 30.7. The Morgan fingerprint density at radius 3 is 2.62 bits per heavy atom. The molecule has 15 nitrogen and oxygen atoms in total. The number of aromatic nitrogens is 2. The van der Waals surface area contributed by atoms with E-state index in [-0.39, 0.29) is 30.8 Å². The van der Waals surface area contributed by atoms with Crippen molar-refractivity contribution in [2.24, 2.45) is 5.92 Å². The van der Waals surface area contributed by atoms with E-state index in [1.165, 1.54) is 23.3 Å². The fourth-order valence-electron chi connectivity index (χ4n) is 7.72. The number of pyridine rings is 1. The van der Waals surface area contributed by atoms with Gasteiger partial charge in [0.25, 0.3) is 5.91 Å². The largest absolute Gasteiger partial charge is 0.495 e. The van der Waals surface area contributed by atoms with Crippen LogP contribution in [0, 0.1) is 5.92 Å². The smallest absolute Gasteiger partial charge is 0.405 e. The number of methoxy groups -OCH3 is 1. The Balaban J connectivity index is 1.13. The van der Waals surface area contributed by atoms with E-state index in [2.05, 4.69) is 15.4 Å². The van der Waals surface area contributed by atoms with Crippen molar-refractivity contribution in [3.63, 3.8) is 0 Å². The third-order valence-electron chi connectivity index (χ3n) is 11.2. The lowest BCUT2D eigenvalue weighted by Gasteiger charge is -2.29. The number of halogens is 1. The van der Waals surface area contributed by atoms with Crippen LogP contribution < -0.4 is 24.8 Å². The number of ether oxygens (including phenoxy) is 2. The molecule has 18 heteroatoms. The first-order valence-corrected chi connectivity index (χ1v) is 21.8. The predicted molar refractivity (Wildman–Crippen MR) is 207 cm³/mol. The monoisotopic (exact) mass is 826 g/mol. The Morgan fingerprint density at radius 2 is 1.89 bits per heavy atom. The van der Waals surface area contributed by atoms with Crippen LogP contribution in [-0.4, -0.2) is 94.8 Å². The number of hydrogen-bond donors (Lipinski definition) is 4. The highest BCUT2D eigenvalue weighted by Crippen LogP contribution is 2.47. The molecule has 0 radical (unpaired) electrons. The summed E-state index contributed by atoms with van der Waals surface area (Å²) < 4.78 is 40.0. The van der Waals surface area contributed by atoms with Gasteiger partial charge in [-0.25, -0.2) is 23.2 Å². The predicted octanol–water partition coefficient (Wildman–Crippen LogP) is 4.89. The number of carbonyl (C=O) groups is 4. The summed E-state index contributed by atoms with van der Waals surface area (Å²) in [5.41, 5.74) is 0.400. The van der Waals surface area contributed by atoms with E-state index in [0.717, 1.165) is 25.0 Å². The number of rotatable bonds is 9. The third-order valence-corrected chi connectivity index (χ3v) is 14.3. The van der Waals surface area contributed by atoms with Crippen LogP contribution in [0.2, 0.25) is 5.02 Å². The molecule has 3 saturated carbocycles. The van der Waals surface area contributed by atoms with Gasteiger partial charge in [0, 0.05) is 35.1 Å². The van der Waals surface area contributed by atoms with Crippen molar-refractivity contribution in [3.8, 4) is 22.2 Å². The molecule has 0 bridgehead atoms. The Labute approximate surface area is 332 Å². The third kappa shape index (κ3) is 7.77. The number of benzene rings is 1. The van der Waals surface area contributed by atoms with Gasteiger partial charge in [-0.1, -0.05) is 36.6 Å². The Morgan fingerprint density at radius 1 is 1.09 bits per heavy atom. The zero-order valence-corrected chi connectivity index (χ0v) is 33.1. The van der Waals surface area contributed by atoms with Gasteiger partial charge < -0.3 is 30.1 Å². The van der Waals surface area contributed by atoms with Gasteiger partial charge in [0.2, 0.25) is 21.8 Å². The molecule has 3 aliphatic carbocycles. The second-order valence-electron chi connectivity index (χ2n) is 15.3. The minimum Gasteiger partial charge on any atom is -0.495 e. The number of sulfonamides is 1. The molecule has 4 amide bonds. The van der Waals surface area contributed by atoms with Gasteiger partial charge in [-0.15, -0.1) is 11.3 Å². The van der Waals surface area contributed by atoms with E-state index in [4.69, 9.17) is 31.0 Å². The van der Waals surface area contributed by atoms with E-state index < -0.39 is 68.7 Å². The number of fused-ring (bicyclic) bond motifs is 3. The first-order chi connectivity index (χ1) is 26.9. The first-order valence-electron chi connectivity index (χ1n) is 19.0. The van der Waals surface area contributed by atoms with E-state index in [1.54, 1.807) is 18.2 Å². The van der Waals surface area contributed by atoms with E-state index in [9.17, 15) is 32.7 Å². The van der Waals surface area contributed by atoms with E-state index in [1.807, 2.05) is 17.5 Å². The highest BCUT2D eigenvalue weighted by Gasteiger charge is 2.62. The van der Waals surface area contributed by atoms with Crippen LogP contribution in [0.4, 0.5) is 4.79 Å². The highest BCUT2D eigenvalue weighted by molar-refractivity contribution is 7.91. The molecule has 2 aliphatic heterocycles. The van der Waals surface area contributed by atoms with Gasteiger partial charge in [-0.3, -0.25) is 19.1 Å². The molecule has 0 unspecified atom stereocenters. The number of nitrogens with zero attached hydrogens (tertiary/aromatic N) is 3. The molecule has 1 saturated heterocycles. The maximum absolute atomic E-state index is 14.4. The molecule has 5 aliphatic rings. The molecular weight excluding hydrogens is 784 g/mol. The Kier molecular flexibility index (Phi) is 10.4. The average molecular weight is 827 g/mol. The van der Waals surface area contributed by atoms with E-state index >= 15 is 0 Å². The molecular formula is C38H43ClN6O9S2. The van der Waals surface area contributed by atoms with Gasteiger partial charge in [0.05, 0.1) is 30.1 Å². The summed E-state index contributed by atoms with van der Waals surface area (Å²) in [5, 5.41) is 17.8. The van der Waals surface area contributed by atoms with Crippen molar-refractivity contribution in [1.29, 1.82) is 0 Å². The summed E-state index contributed by atoms with van der Waals surface area (Å²) in [6, 6.07) is 2.90. The number of nitrogens with one attached hydrogen (secondary N) is 3. The second-order valence-corrected chi connectivity index (χ2v) is 18.5. The Hall–Kier alpha value is -4.48. The molecule has 5 atom stereocenters. The Bertz CT molecular complexity index is 2220. The van der Waals surface area contributed by atoms with Crippen molar-refractivity contribution in [3.05, 3.63) is 46.4 Å². The summed E-state index contributed by atoms with van der Waals surface area (Å²) in [5.74, 6) is -1.33. The van der Waals surface area contributed by atoms with Crippen LogP contribution in [-0.2, 0) is 24.4 Å². The normalized spacial score (nSPS) is 27.6. The summed E-state index contributed by atoms with van der Waals surface area (Å²) in [6.45, 7) is -0.0839. The van der Waals surface area contributed by atoms with Gasteiger partial charge in [-0.2, -0.15) is 0 Å². The minimum absolute atomic E-state index is 0.0118. The number of carboxylic acid groups (broad SMARTS) is 1. The summed E-state index contributed by atoms with van der Waals surface area (Å²) in [4.78, 5) is 65.3. The van der Waals surface area contributed by atoms with Crippen molar-refractivity contribution in [2.45, 2.75) is 106 Å². The van der Waals surface area contributed by atoms with Crippen LogP contribution in [0.1, 0.15) is 82.2 Å². The summed E-state index contributed by atoms with van der Waals surface area (Å²) in [7, 11) is -2.41. The quantitative estimate of drug-likeness (QED) is 0.214. The number of thiazole rings is 1.